The second kappa shape index (κ2) is 10.6. The molecule has 0 saturated heterocycles. The van der Waals surface area contributed by atoms with Crippen LogP contribution in [0, 0.1) is 0 Å². The third-order valence-electron chi connectivity index (χ3n) is 3.51. The van der Waals surface area contributed by atoms with Crippen LogP contribution in [0.1, 0.15) is 42.6 Å². The van der Waals surface area contributed by atoms with Crippen molar-refractivity contribution in [3.63, 3.8) is 0 Å². The maximum absolute atomic E-state index is 12.5. The molecule has 1 heterocycles. The predicted molar refractivity (Wildman–Crippen MR) is 105 cm³/mol. The number of nitrogen functional groups attached to an aromatic ring is 1. The fourth-order valence-electron chi connectivity index (χ4n) is 2.43. The van der Waals surface area contributed by atoms with Gasteiger partial charge in [0.15, 0.2) is 11.5 Å². The van der Waals surface area contributed by atoms with Gasteiger partial charge in [-0.3, -0.25) is 4.79 Å². The molecule has 148 valence electrons. The van der Waals surface area contributed by atoms with Gasteiger partial charge in [0.1, 0.15) is 5.01 Å². The largest absolute Gasteiger partial charge is 0.490 e. The Balaban J connectivity index is 2.04. The fourth-order valence-corrected chi connectivity index (χ4v) is 3.08. The van der Waals surface area contributed by atoms with Crippen LogP contribution in [0.4, 0.5) is 5.13 Å². The quantitative estimate of drug-likeness (QED) is 0.564. The van der Waals surface area contributed by atoms with Gasteiger partial charge in [-0.05, 0) is 39.3 Å². The Bertz CT molecular complexity index is 724. The number of hydrogen-bond acceptors (Lipinski definition) is 8. The van der Waals surface area contributed by atoms with Crippen molar-refractivity contribution in [2.45, 2.75) is 33.6 Å². The van der Waals surface area contributed by atoms with Crippen molar-refractivity contribution in [3.8, 4) is 17.2 Å². The number of benzene rings is 1. The first-order valence-electron chi connectivity index (χ1n) is 9.01. The highest BCUT2D eigenvalue weighted by Gasteiger charge is 2.18. The molecule has 0 saturated carbocycles. The molecule has 0 spiro atoms. The zero-order chi connectivity index (χ0) is 19.6. The smallest absolute Gasteiger partial charge is 0.251 e. The first-order valence-corrected chi connectivity index (χ1v) is 9.83. The number of aromatic nitrogens is 2. The zero-order valence-corrected chi connectivity index (χ0v) is 16.7. The molecule has 0 atom stereocenters. The van der Waals surface area contributed by atoms with E-state index < -0.39 is 0 Å². The minimum Gasteiger partial charge on any atom is -0.490 e. The summed E-state index contributed by atoms with van der Waals surface area (Å²) in [4.78, 5) is 12.5. The van der Waals surface area contributed by atoms with Crippen LogP contribution in [0.25, 0.3) is 0 Å². The Labute approximate surface area is 163 Å². The molecule has 0 aliphatic carbocycles. The number of carbonyl (C=O) groups is 1. The summed E-state index contributed by atoms with van der Waals surface area (Å²) in [7, 11) is 0. The van der Waals surface area contributed by atoms with E-state index in [9.17, 15) is 4.79 Å². The molecular weight excluding hydrogens is 368 g/mol. The lowest BCUT2D eigenvalue weighted by atomic mass is 10.1. The highest BCUT2D eigenvalue weighted by molar-refractivity contribution is 7.15. The number of hydrogen-bond donors (Lipinski definition) is 2. The van der Waals surface area contributed by atoms with Gasteiger partial charge in [0.2, 0.25) is 10.9 Å². The molecule has 1 aromatic heterocycles. The molecule has 1 aromatic carbocycles. The van der Waals surface area contributed by atoms with Crippen molar-refractivity contribution in [1.29, 1.82) is 0 Å². The number of ether oxygens (including phenoxy) is 3. The summed E-state index contributed by atoms with van der Waals surface area (Å²) in [5.74, 6) is 1.32. The van der Waals surface area contributed by atoms with Gasteiger partial charge >= 0.3 is 0 Å². The lowest BCUT2D eigenvalue weighted by Crippen LogP contribution is -2.25. The Morgan fingerprint density at radius 1 is 1.07 bits per heavy atom. The van der Waals surface area contributed by atoms with E-state index in [0.717, 1.165) is 11.4 Å². The third-order valence-corrected chi connectivity index (χ3v) is 4.32. The standard InChI is InChI=1S/C18H26N4O4S/c1-4-24-13-10-12(11-14(25-5-2)16(13)26-6-3)17(23)20-9-7-8-15-21-22-18(19)27-15/h10-11H,4-9H2,1-3H3,(H2,19,22)(H,20,23). The van der Waals surface area contributed by atoms with Crippen LogP contribution in [0.15, 0.2) is 12.1 Å². The number of nitrogens with one attached hydrogen (secondary N) is 1. The molecule has 2 aromatic rings. The molecule has 0 bridgehead atoms. The molecule has 0 aliphatic rings. The summed E-state index contributed by atoms with van der Waals surface area (Å²) < 4.78 is 16.9. The Kier molecular flexibility index (Phi) is 8.12. The molecule has 0 aliphatic heterocycles. The highest BCUT2D eigenvalue weighted by Crippen LogP contribution is 2.39. The summed E-state index contributed by atoms with van der Waals surface area (Å²) in [6.07, 6.45) is 1.46. The van der Waals surface area contributed by atoms with E-state index in [2.05, 4.69) is 15.5 Å². The van der Waals surface area contributed by atoms with E-state index in [0.29, 0.717) is 60.7 Å². The summed E-state index contributed by atoms with van der Waals surface area (Å²) in [6.45, 7) is 7.55. The van der Waals surface area contributed by atoms with E-state index in [4.69, 9.17) is 19.9 Å². The highest BCUT2D eigenvalue weighted by atomic mass is 32.1. The fraction of sp³-hybridized carbons (Fsp3) is 0.500. The molecule has 0 fully saturated rings. The van der Waals surface area contributed by atoms with Crippen molar-refractivity contribution >= 4 is 22.4 Å². The van der Waals surface area contributed by atoms with Crippen molar-refractivity contribution in [3.05, 3.63) is 22.7 Å². The number of nitrogens with zero attached hydrogens (tertiary/aromatic N) is 2. The van der Waals surface area contributed by atoms with Gasteiger partial charge in [0.05, 0.1) is 19.8 Å². The van der Waals surface area contributed by atoms with E-state index >= 15 is 0 Å². The molecule has 9 heteroatoms. The van der Waals surface area contributed by atoms with Crippen LogP contribution in [0.3, 0.4) is 0 Å². The molecule has 0 unspecified atom stereocenters. The average Bonchev–Trinajstić information content (AvgIpc) is 3.06. The molecular formula is C18H26N4O4S. The molecule has 2 rings (SSSR count). The zero-order valence-electron chi connectivity index (χ0n) is 15.9. The van der Waals surface area contributed by atoms with Crippen LogP contribution in [0.5, 0.6) is 17.2 Å². The van der Waals surface area contributed by atoms with Crippen molar-refractivity contribution in [2.75, 3.05) is 32.1 Å². The van der Waals surface area contributed by atoms with Crippen molar-refractivity contribution in [1.82, 2.24) is 15.5 Å². The number of carbonyl (C=O) groups excluding carboxylic acids is 1. The van der Waals surface area contributed by atoms with Crippen LogP contribution < -0.4 is 25.3 Å². The molecule has 8 nitrogen and oxygen atoms in total. The van der Waals surface area contributed by atoms with Crippen LogP contribution in [-0.2, 0) is 6.42 Å². The minimum atomic E-state index is -0.197. The van der Waals surface area contributed by atoms with Gasteiger partial charge in [0.25, 0.3) is 5.91 Å². The van der Waals surface area contributed by atoms with E-state index in [1.54, 1.807) is 12.1 Å². The number of rotatable bonds is 11. The molecule has 3 N–H and O–H groups in total. The van der Waals surface area contributed by atoms with E-state index in [1.165, 1.54) is 11.3 Å². The second-order valence-electron chi connectivity index (χ2n) is 5.49. The SMILES string of the molecule is CCOc1cc(C(=O)NCCCc2nnc(N)s2)cc(OCC)c1OCC. The van der Waals surface area contributed by atoms with Gasteiger partial charge in [-0.2, -0.15) is 0 Å². The normalized spacial score (nSPS) is 10.5. The first-order chi connectivity index (χ1) is 13.1. The van der Waals surface area contributed by atoms with Gasteiger partial charge in [-0.1, -0.05) is 11.3 Å². The second-order valence-corrected chi connectivity index (χ2v) is 6.59. The van der Waals surface area contributed by atoms with E-state index in [-0.39, 0.29) is 5.91 Å². The number of amides is 1. The lowest BCUT2D eigenvalue weighted by Gasteiger charge is -2.17. The lowest BCUT2D eigenvalue weighted by molar-refractivity contribution is 0.0952. The van der Waals surface area contributed by atoms with Gasteiger partial charge in [-0.25, -0.2) is 0 Å². The van der Waals surface area contributed by atoms with Gasteiger partial charge in [0, 0.05) is 18.5 Å². The average molecular weight is 394 g/mol. The van der Waals surface area contributed by atoms with Crippen LogP contribution in [-0.4, -0.2) is 42.5 Å². The molecule has 27 heavy (non-hydrogen) atoms. The van der Waals surface area contributed by atoms with E-state index in [1.807, 2.05) is 20.8 Å². The number of nitrogens with two attached hydrogens (primary N) is 1. The summed E-state index contributed by atoms with van der Waals surface area (Å²) in [6, 6.07) is 3.36. The van der Waals surface area contributed by atoms with Gasteiger partial charge in [-0.15, -0.1) is 10.2 Å². The first kappa shape index (κ1) is 20.8. The number of anilines is 1. The summed E-state index contributed by atoms with van der Waals surface area (Å²) in [5, 5.41) is 12.0. The van der Waals surface area contributed by atoms with Gasteiger partial charge < -0.3 is 25.3 Å². The topological polar surface area (TPSA) is 109 Å². The minimum absolute atomic E-state index is 0.197. The monoisotopic (exact) mass is 394 g/mol. The molecule has 0 radical (unpaired) electrons. The van der Waals surface area contributed by atoms with Crippen LogP contribution >= 0.6 is 11.3 Å². The Morgan fingerprint density at radius 3 is 2.22 bits per heavy atom. The maximum Gasteiger partial charge on any atom is 0.251 e. The van der Waals surface area contributed by atoms with Crippen molar-refractivity contribution in [2.24, 2.45) is 0 Å². The number of aryl methyl sites for hydroxylation is 1. The van der Waals surface area contributed by atoms with Crippen LogP contribution in [0.2, 0.25) is 0 Å². The maximum atomic E-state index is 12.5. The summed E-state index contributed by atoms with van der Waals surface area (Å²) in [5.41, 5.74) is 6.02. The predicted octanol–water partition coefficient (Wildman–Crippen LogP) is 2.68. The summed E-state index contributed by atoms with van der Waals surface area (Å²) >= 11 is 1.36. The van der Waals surface area contributed by atoms with Crippen molar-refractivity contribution < 1.29 is 19.0 Å². The Morgan fingerprint density at radius 2 is 1.70 bits per heavy atom. The Hall–Kier alpha value is -2.55. The molecule has 1 amide bonds. The third kappa shape index (κ3) is 5.99.